The number of nitrogens with zero attached hydrogens (tertiary/aromatic N) is 3. The lowest BCUT2D eigenvalue weighted by Crippen LogP contribution is -2.22. The molecular weight excluding hydrogens is 441 g/mol. The van der Waals surface area contributed by atoms with Crippen molar-refractivity contribution in [3.63, 3.8) is 0 Å². The summed E-state index contributed by atoms with van der Waals surface area (Å²) in [5.74, 6) is 0.993. The molecule has 0 amide bonds. The van der Waals surface area contributed by atoms with Crippen LogP contribution in [0.15, 0.2) is 41.5 Å². The van der Waals surface area contributed by atoms with Crippen molar-refractivity contribution in [3.8, 4) is 5.88 Å². The number of anilines is 1. The van der Waals surface area contributed by atoms with Gasteiger partial charge >= 0.3 is 0 Å². The monoisotopic (exact) mass is 469 g/mol. The molecule has 2 rings (SSSR count). The molecule has 0 aliphatic rings. The summed E-state index contributed by atoms with van der Waals surface area (Å²) in [6.07, 6.45) is 1.73. The van der Waals surface area contributed by atoms with Gasteiger partial charge in [0.2, 0.25) is 5.88 Å². The van der Waals surface area contributed by atoms with Gasteiger partial charge in [0, 0.05) is 24.5 Å². The van der Waals surface area contributed by atoms with Crippen molar-refractivity contribution in [2.75, 3.05) is 32.6 Å². The van der Waals surface area contributed by atoms with Crippen LogP contribution >= 0.6 is 24.0 Å². The number of nitrogens with one attached hydrogen (secondary N) is 1. The maximum Gasteiger partial charge on any atom is 0.213 e. The van der Waals surface area contributed by atoms with Gasteiger partial charge in [-0.25, -0.2) is 9.98 Å². The molecule has 0 fully saturated rings. The Balaban J connectivity index is 0.00000338. The Bertz CT molecular complexity index is 713. The van der Waals surface area contributed by atoms with E-state index in [-0.39, 0.29) is 24.0 Å². The first-order valence-corrected chi connectivity index (χ1v) is 8.30. The van der Waals surface area contributed by atoms with Crippen LogP contribution in [0.1, 0.15) is 16.7 Å². The number of guanidine groups is 1. The zero-order valence-corrected chi connectivity index (χ0v) is 18.2. The Morgan fingerprint density at radius 2 is 1.88 bits per heavy atom. The van der Waals surface area contributed by atoms with Crippen LogP contribution in [0.3, 0.4) is 0 Å². The average Bonchev–Trinajstić information content (AvgIpc) is 2.52. The number of hydrogen-bond acceptors (Lipinski definition) is 4. The zero-order chi connectivity index (χ0) is 18.2. The Hall–Kier alpha value is -1.87. The van der Waals surface area contributed by atoms with Gasteiger partial charge in [0.25, 0.3) is 0 Å². The van der Waals surface area contributed by atoms with Crippen LogP contribution < -0.4 is 15.8 Å². The molecule has 1 aromatic carbocycles. The van der Waals surface area contributed by atoms with E-state index in [4.69, 9.17) is 10.5 Å². The van der Waals surface area contributed by atoms with Crippen molar-refractivity contribution in [2.45, 2.75) is 20.4 Å². The van der Waals surface area contributed by atoms with Gasteiger partial charge in [-0.15, -0.1) is 24.0 Å². The maximum absolute atomic E-state index is 5.99. The van der Waals surface area contributed by atoms with E-state index < -0.39 is 0 Å². The van der Waals surface area contributed by atoms with Crippen LogP contribution in [0, 0.1) is 13.8 Å². The van der Waals surface area contributed by atoms with Gasteiger partial charge in [0.05, 0.1) is 6.54 Å². The minimum Gasteiger partial charge on any atom is -0.476 e. The lowest BCUT2D eigenvalue weighted by molar-refractivity contribution is 0.253. The van der Waals surface area contributed by atoms with Crippen LogP contribution in [0.5, 0.6) is 5.88 Å². The van der Waals surface area contributed by atoms with Crippen LogP contribution in [0.4, 0.5) is 5.69 Å². The molecule has 0 unspecified atom stereocenters. The Kier molecular flexibility index (Phi) is 9.36. The number of rotatable bonds is 7. The van der Waals surface area contributed by atoms with Crippen molar-refractivity contribution in [1.29, 1.82) is 0 Å². The van der Waals surface area contributed by atoms with E-state index in [1.807, 2.05) is 38.4 Å². The number of pyridine rings is 1. The summed E-state index contributed by atoms with van der Waals surface area (Å²) >= 11 is 0. The fraction of sp³-hybridized carbons (Fsp3) is 0.368. The van der Waals surface area contributed by atoms with E-state index >= 15 is 0 Å². The van der Waals surface area contributed by atoms with E-state index in [9.17, 15) is 0 Å². The molecule has 0 saturated carbocycles. The molecule has 6 nitrogen and oxygen atoms in total. The van der Waals surface area contributed by atoms with Crippen molar-refractivity contribution in [1.82, 2.24) is 9.88 Å². The van der Waals surface area contributed by atoms with Gasteiger partial charge in [0.1, 0.15) is 6.61 Å². The number of aromatic nitrogens is 1. The summed E-state index contributed by atoms with van der Waals surface area (Å²) in [7, 11) is 4.01. The second kappa shape index (κ2) is 11.0. The Labute approximate surface area is 172 Å². The zero-order valence-electron chi connectivity index (χ0n) is 15.8. The van der Waals surface area contributed by atoms with E-state index in [1.165, 1.54) is 11.1 Å². The minimum absolute atomic E-state index is 0. The molecule has 1 aromatic heterocycles. The van der Waals surface area contributed by atoms with Crippen molar-refractivity contribution < 1.29 is 4.74 Å². The highest BCUT2D eigenvalue weighted by Crippen LogP contribution is 2.14. The normalized spacial score (nSPS) is 11.2. The summed E-state index contributed by atoms with van der Waals surface area (Å²) in [5.41, 5.74) is 10.3. The number of halogens is 1. The number of ether oxygens (including phenoxy) is 1. The molecule has 2 aromatic rings. The molecular formula is C19H28IN5O. The fourth-order valence-corrected chi connectivity index (χ4v) is 2.37. The summed E-state index contributed by atoms with van der Waals surface area (Å²) in [6, 6.07) is 10.00. The van der Waals surface area contributed by atoms with E-state index in [0.29, 0.717) is 25.0 Å². The molecule has 0 aliphatic heterocycles. The SMILES string of the molecule is Cc1cc(C)cc(NC(N)=NCc2ccnc(OCCN(C)C)c2)c1.I. The quantitative estimate of drug-likeness (QED) is 0.370. The highest BCUT2D eigenvalue weighted by Gasteiger charge is 2.01. The molecule has 142 valence electrons. The van der Waals surface area contributed by atoms with Crippen LogP contribution in [0.25, 0.3) is 0 Å². The van der Waals surface area contributed by atoms with Crippen molar-refractivity contribution >= 4 is 35.6 Å². The van der Waals surface area contributed by atoms with Crippen LogP contribution in [-0.2, 0) is 6.54 Å². The molecule has 1 heterocycles. The maximum atomic E-state index is 5.99. The van der Waals surface area contributed by atoms with Gasteiger partial charge < -0.3 is 20.7 Å². The molecule has 26 heavy (non-hydrogen) atoms. The van der Waals surface area contributed by atoms with Crippen molar-refractivity contribution in [3.05, 3.63) is 53.2 Å². The van der Waals surface area contributed by atoms with Gasteiger partial charge in [-0.3, -0.25) is 0 Å². The summed E-state index contributed by atoms with van der Waals surface area (Å²) in [5, 5.41) is 3.13. The smallest absolute Gasteiger partial charge is 0.213 e. The van der Waals surface area contributed by atoms with Crippen LogP contribution in [0.2, 0.25) is 0 Å². The Morgan fingerprint density at radius 3 is 2.54 bits per heavy atom. The highest BCUT2D eigenvalue weighted by molar-refractivity contribution is 14.0. The largest absolute Gasteiger partial charge is 0.476 e. The summed E-state index contributed by atoms with van der Waals surface area (Å²) in [6.45, 7) is 6.02. The van der Waals surface area contributed by atoms with E-state index in [2.05, 4.69) is 40.1 Å². The lowest BCUT2D eigenvalue weighted by Gasteiger charge is -2.11. The molecule has 0 saturated heterocycles. The number of aliphatic imine (C=N–C) groups is 1. The minimum atomic E-state index is 0. The first-order valence-electron chi connectivity index (χ1n) is 8.30. The molecule has 0 aliphatic carbocycles. The first kappa shape index (κ1) is 22.2. The third-order valence-electron chi connectivity index (χ3n) is 3.51. The molecule has 7 heteroatoms. The summed E-state index contributed by atoms with van der Waals surface area (Å²) in [4.78, 5) is 10.7. The third-order valence-corrected chi connectivity index (χ3v) is 3.51. The van der Waals surface area contributed by atoms with E-state index in [1.54, 1.807) is 6.20 Å². The highest BCUT2D eigenvalue weighted by atomic mass is 127. The Morgan fingerprint density at radius 1 is 1.19 bits per heavy atom. The van der Waals surface area contributed by atoms with Gasteiger partial charge in [-0.05, 0) is 62.8 Å². The molecule has 0 radical (unpaired) electrons. The third kappa shape index (κ3) is 8.01. The van der Waals surface area contributed by atoms with Gasteiger partial charge in [-0.2, -0.15) is 0 Å². The molecule has 0 atom stereocenters. The van der Waals surface area contributed by atoms with Gasteiger partial charge in [0.15, 0.2) is 5.96 Å². The predicted octanol–water partition coefficient (Wildman–Crippen LogP) is 3.18. The predicted molar refractivity (Wildman–Crippen MR) is 119 cm³/mol. The number of likely N-dealkylation sites (N-methyl/N-ethyl adjacent to an activating group) is 1. The second-order valence-electron chi connectivity index (χ2n) is 6.36. The van der Waals surface area contributed by atoms with E-state index in [0.717, 1.165) is 17.8 Å². The first-order chi connectivity index (χ1) is 11.9. The lowest BCUT2D eigenvalue weighted by atomic mass is 10.1. The second-order valence-corrected chi connectivity index (χ2v) is 6.36. The fourth-order valence-electron chi connectivity index (χ4n) is 2.37. The summed E-state index contributed by atoms with van der Waals surface area (Å²) < 4.78 is 5.64. The number of benzene rings is 1. The van der Waals surface area contributed by atoms with Gasteiger partial charge in [-0.1, -0.05) is 6.07 Å². The topological polar surface area (TPSA) is 75.8 Å². The average molecular weight is 469 g/mol. The van der Waals surface area contributed by atoms with Crippen LogP contribution in [-0.4, -0.2) is 43.1 Å². The molecule has 3 N–H and O–H groups in total. The molecule has 0 bridgehead atoms. The number of nitrogens with two attached hydrogens (primary N) is 1. The number of aryl methyl sites for hydroxylation is 2. The standard InChI is InChI=1S/C19H27N5O.HI/c1-14-9-15(2)11-17(10-14)23-19(20)22-13-16-5-6-21-18(12-16)25-8-7-24(3)4;/h5-6,9-12H,7-8,13H2,1-4H3,(H3,20,22,23);1H. The van der Waals surface area contributed by atoms with Crippen molar-refractivity contribution in [2.24, 2.45) is 10.7 Å². The molecule has 0 spiro atoms. The number of hydrogen-bond donors (Lipinski definition) is 2.